The lowest BCUT2D eigenvalue weighted by Gasteiger charge is -2.27. The minimum absolute atomic E-state index is 0.264. The summed E-state index contributed by atoms with van der Waals surface area (Å²) < 4.78 is 6.08. The Balaban J connectivity index is 2.54. The standard InChI is InChI=1S/C17H26O/c1-11(2)16-10-13(5)17(18-12(3)4)15-9-7-6-8-14(15)16/h10-12H,6-9H2,1-5H3. The van der Waals surface area contributed by atoms with Gasteiger partial charge in [0.15, 0.2) is 0 Å². The zero-order valence-electron chi connectivity index (χ0n) is 12.5. The summed E-state index contributed by atoms with van der Waals surface area (Å²) in [6.45, 7) is 11.0. The summed E-state index contributed by atoms with van der Waals surface area (Å²) >= 11 is 0. The molecule has 0 fully saturated rings. The highest BCUT2D eigenvalue weighted by Gasteiger charge is 2.21. The first-order valence-corrected chi connectivity index (χ1v) is 7.32. The van der Waals surface area contributed by atoms with Crippen LogP contribution in [0.25, 0.3) is 0 Å². The molecule has 1 aromatic rings. The molecule has 1 aliphatic carbocycles. The fourth-order valence-corrected chi connectivity index (χ4v) is 3.01. The summed E-state index contributed by atoms with van der Waals surface area (Å²) in [5.74, 6) is 1.78. The first-order valence-electron chi connectivity index (χ1n) is 7.32. The van der Waals surface area contributed by atoms with Crippen molar-refractivity contribution in [2.45, 2.75) is 72.3 Å². The minimum atomic E-state index is 0.264. The monoisotopic (exact) mass is 246 g/mol. The van der Waals surface area contributed by atoms with Crippen molar-refractivity contribution in [2.75, 3.05) is 0 Å². The van der Waals surface area contributed by atoms with Crippen molar-refractivity contribution in [2.24, 2.45) is 0 Å². The molecular formula is C17H26O. The Hall–Kier alpha value is -0.980. The lowest BCUT2D eigenvalue weighted by Crippen LogP contribution is -2.14. The van der Waals surface area contributed by atoms with Gasteiger partial charge < -0.3 is 4.74 Å². The van der Waals surface area contributed by atoms with Gasteiger partial charge in [-0.05, 0) is 74.6 Å². The zero-order chi connectivity index (χ0) is 13.3. The van der Waals surface area contributed by atoms with E-state index < -0.39 is 0 Å². The molecule has 0 saturated heterocycles. The molecule has 0 amide bonds. The normalized spacial score (nSPS) is 15.1. The molecular weight excluding hydrogens is 220 g/mol. The quantitative estimate of drug-likeness (QED) is 0.745. The summed E-state index contributed by atoms with van der Waals surface area (Å²) in [6.07, 6.45) is 5.33. The third kappa shape index (κ3) is 2.55. The lowest BCUT2D eigenvalue weighted by molar-refractivity contribution is 0.237. The van der Waals surface area contributed by atoms with E-state index in [2.05, 4.69) is 40.7 Å². The average Bonchev–Trinajstić information content (AvgIpc) is 2.31. The van der Waals surface area contributed by atoms with Crippen molar-refractivity contribution in [3.63, 3.8) is 0 Å². The molecule has 18 heavy (non-hydrogen) atoms. The number of benzene rings is 1. The van der Waals surface area contributed by atoms with E-state index in [1.165, 1.54) is 42.6 Å². The van der Waals surface area contributed by atoms with Crippen molar-refractivity contribution < 1.29 is 4.74 Å². The number of rotatable bonds is 3. The van der Waals surface area contributed by atoms with Gasteiger partial charge >= 0.3 is 0 Å². The second-order valence-electron chi connectivity index (χ2n) is 6.10. The fourth-order valence-electron chi connectivity index (χ4n) is 3.01. The fraction of sp³-hybridized carbons (Fsp3) is 0.647. The Morgan fingerprint density at radius 3 is 2.17 bits per heavy atom. The highest BCUT2D eigenvalue weighted by Crippen LogP contribution is 2.38. The van der Waals surface area contributed by atoms with Gasteiger partial charge in [-0.15, -0.1) is 0 Å². The molecule has 0 aromatic heterocycles. The van der Waals surface area contributed by atoms with Gasteiger partial charge in [-0.25, -0.2) is 0 Å². The molecule has 0 spiro atoms. The maximum Gasteiger partial charge on any atom is 0.126 e. The third-order valence-corrected chi connectivity index (χ3v) is 3.80. The van der Waals surface area contributed by atoms with E-state index in [0.717, 1.165) is 0 Å². The van der Waals surface area contributed by atoms with Gasteiger partial charge in [0, 0.05) is 0 Å². The van der Waals surface area contributed by atoms with Crippen LogP contribution in [0, 0.1) is 6.92 Å². The van der Waals surface area contributed by atoms with E-state index in [-0.39, 0.29) is 6.10 Å². The highest BCUT2D eigenvalue weighted by atomic mass is 16.5. The SMILES string of the molecule is Cc1cc(C(C)C)c2c(c1OC(C)C)CCCC2. The van der Waals surface area contributed by atoms with Gasteiger partial charge in [0.2, 0.25) is 0 Å². The predicted molar refractivity (Wildman–Crippen MR) is 77.7 cm³/mol. The van der Waals surface area contributed by atoms with Crippen LogP contribution in [-0.2, 0) is 12.8 Å². The van der Waals surface area contributed by atoms with E-state index in [0.29, 0.717) is 5.92 Å². The maximum atomic E-state index is 6.08. The largest absolute Gasteiger partial charge is 0.490 e. The summed E-state index contributed by atoms with van der Waals surface area (Å²) in [7, 11) is 0. The van der Waals surface area contributed by atoms with E-state index in [1.807, 2.05) is 0 Å². The molecule has 1 heteroatoms. The van der Waals surface area contributed by atoms with Crippen LogP contribution in [0.4, 0.5) is 0 Å². The van der Waals surface area contributed by atoms with Crippen LogP contribution < -0.4 is 4.74 Å². The van der Waals surface area contributed by atoms with E-state index >= 15 is 0 Å². The zero-order valence-corrected chi connectivity index (χ0v) is 12.5. The van der Waals surface area contributed by atoms with Gasteiger partial charge in [0.25, 0.3) is 0 Å². The van der Waals surface area contributed by atoms with Crippen LogP contribution in [-0.4, -0.2) is 6.10 Å². The molecule has 1 nitrogen and oxygen atoms in total. The van der Waals surface area contributed by atoms with Crippen LogP contribution >= 0.6 is 0 Å². The molecule has 0 heterocycles. The maximum absolute atomic E-state index is 6.08. The second-order valence-corrected chi connectivity index (χ2v) is 6.10. The van der Waals surface area contributed by atoms with Crippen molar-refractivity contribution in [1.29, 1.82) is 0 Å². The number of hydrogen-bond donors (Lipinski definition) is 0. The topological polar surface area (TPSA) is 9.23 Å². The molecule has 0 aliphatic heterocycles. The van der Waals surface area contributed by atoms with E-state index in [1.54, 1.807) is 11.1 Å². The number of hydrogen-bond acceptors (Lipinski definition) is 1. The smallest absolute Gasteiger partial charge is 0.126 e. The Kier molecular flexibility index (Phi) is 3.99. The summed E-state index contributed by atoms with van der Waals surface area (Å²) in [5.41, 5.74) is 5.93. The second kappa shape index (κ2) is 5.34. The van der Waals surface area contributed by atoms with Crippen LogP contribution in [0.3, 0.4) is 0 Å². The number of aryl methyl sites for hydroxylation is 1. The van der Waals surface area contributed by atoms with Gasteiger partial charge in [-0.1, -0.05) is 19.9 Å². The highest BCUT2D eigenvalue weighted by molar-refractivity contribution is 5.52. The summed E-state index contributed by atoms with van der Waals surface area (Å²) in [4.78, 5) is 0. The Labute approximate surface area is 112 Å². The van der Waals surface area contributed by atoms with Gasteiger partial charge in [-0.3, -0.25) is 0 Å². The van der Waals surface area contributed by atoms with Gasteiger partial charge in [0.1, 0.15) is 5.75 Å². The first kappa shape index (κ1) is 13.5. The van der Waals surface area contributed by atoms with Crippen molar-refractivity contribution >= 4 is 0 Å². The van der Waals surface area contributed by atoms with E-state index in [4.69, 9.17) is 4.74 Å². The molecule has 1 aromatic carbocycles. The summed E-state index contributed by atoms with van der Waals surface area (Å²) in [6, 6.07) is 2.35. The Morgan fingerprint density at radius 1 is 1.00 bits per heavy atom. The van der Waals surface area contributed by atoms with Gasteiger partial charge in [0.05, 0.1) is 6.10 Å². The Morgan fingerprint density at radius 2 is 1.61 bits per heavy atom. The first-order chi connectivity index (χ1) is 8.50. The molecule has 0 saturated carbocycles. The molecule has 0 unspecified atom stereocenters. The molecule has 0 N–H and O–H groups in total. The van der Waals surface area contributed by atoms with Crippen LogP contribution in [0.5, 0.6) is 5.75 Å². The van der Waals surface area contributed by atoms with Crippen LogP contribution in [0.2, 0.25) is 0 Å². The molecule has 0 bridgehead atoms. The molecule has 0 atom stereocenters. The van der Waals surface area contributed by atoms with Crippen LogP contribution in [0.15, 0.2) is 6.07 Å². The molecule has 0 radical (unpaired) electrons. The molecule has 100 valence electrons. The number of ether oxygens (including phenoxy) is 1. The van der Waals surface area contributed by atoms with Crippen molar-refractivity contribution in [3.05, 3.63) is 28.3 Å². The third-order valence-electron chi connectivity index (χ3n) is 3.80. The van der Waals surface area contributed by atoms with Gasteiger partial charge in [-0.2, -0.15) is 0 Å². The number of fused-ring (bicyclic) bond motifs is 1. The predicted octanol–water partition coefficient (Wildman–Crippen LogP) is 4.78. The lowest BCUT2D eigenvalue weighted by atomic mass is 9.82. The summed E-state index contributed by atoms with van der Waals surface area (Å²) in [5, 5.41) is 0. The van der Waals surface area contributed by atoms with E-state index in [9.17, 15) is 0 Å². The molecule has 2 rings (SSSR count). The minimum Gasteiger partial charge on any atom is -0.490 e. The molecule has 1 aliphatic rings. The Bertz CT molecular complexity index is 430. The van der Waals surface area contributed by atoms with Crippen LogP contribution in [0.1, 0.15) is 68.7 Å². The van der Waals surface area contributed by atoms with Crippen molar-refractivity contribution in [1.82, 2.24) is 0 Å². The van der Waals surface area contributed by atoms with Crippen molar-refractivity contribution in [3.8, 4) is 5.75 Å². The average molecular weight is 246 g/mol.